The van der Waals surface area contributed by atoms with Crippen molar-refractivity contribution in [3.05, 3.63) is 47.5 Å². The molecule has 4 nitrogen and oxygen atoms in total. The van der Waals surface area contributed by atoms with E-state index in [0.717, 1.165) is 22.2 Å². The zero-order valence-electron chi connectivity index (χ0n) is 10.3. The Morgan fingerprint density at radius 2 is 2.11 bits per heavy atom. The fourth-order valence-corrected chi connectivity index (χ4v) is 2.26. The maximum Gasteiger partial charge on any atom is 0.179 e. The van der Waals surface area contributed by atoms with Crippen molar-refractivity contribution in [1.82, 2.24) is 15.0 Å². The highest BCUT2D eigenvalue weighted by molar-refractivity contribution is 7.71. The quantitative estimate of drug-likeness (QED) is 0.725. The minimum Gasteiger partial charge on any atom is -0.491 e. The molecule has 2 aromatic heterocycles. The minimum atomic E-state index is 0.447. The third-order valence-corrected chi connectivity index (χ3v) is 3.20. The van der Waals surface area contributed by atoms with Crippen LogP contribution >= 0.6 is 12.2 Å². The maximum absolute atomic E-state index is 5.33. The predicted molar refractivity (Wildman–Crippen MR) is 76.7 cm³/mol. The highest BCUT2D eigenvalue weighted by atomic mass is 32.1. The topological polar surface area (TPSA) is 50.8 Å². The predicted octanol–water partition coefficient (Wildman–Crippen LogP) is 3.36. The summed E-state index contributed by atoms with van der Waals surface area (Å²) in [6.07, 6.45) is 3.36. The number of hydrogen-bond donors (Lipinski definition) is 1. The molecule has 5 heteroatoms. The number of fused-ring (bicyclic) bond motifs is 1. The first kappa shape index (κ1) is 11.8. The molecule has 0 saturated carbocycles. The van der Waals surface area contributed by atoms with Crippen LogP contribution in [-0.4, -0.2) is 22.1 Å². The molecule has 0 aliphatic rings. The molecule has 0 amide bonds. The molecule has 2 heterocycles. The second kappa shape index (κ2) is 4.78. The summed E-state index contributed by atoms with van der Waals surface area (Å²) in [5.74, 6) is 0.584. The Morgan fingerprint density at radius 3 is 2.95 bits per heavy atom. The van der Waals surface area contributed by atoms with Crippen molar-refractivity contribution in [3.8, 4) is 17.0 Å². The largest absolute Gasteiger partial charge is 0.491 e. The van der Waals surface area contributed by atoms with Crippen molar-refractivity contribution >= 4 is 23.1 Å². The molecule has 0 bridgehead atoms. The summed E-state index contributed by atoms with van der Waals surface area (Å²) >= 11 is 5.17. The highest BCUT2D eigenvalue weighted by Gasteiger charge is 2.09. The number of nitrogens with zero attached hydrogens (tertiary/aromatic N) is 2. The van der Waals surface area contributed by atoms with Crippen LogP contribution in [0.1, 0.15) is 0 Å². The third kappa shape index (κ3) is 2.08. The van der Waals surface area contributed by atoms with E-state index in [1.165, 1.54) is 0 Å². The van der Waals surface area contributed by atoms with Gasteiger partial charge in [0.2, 0.25) is 0 Å². The SMILES string of the molecule is COc1c(-c2ccc3ncccc3c2)[nH]cnc1=S. The lowest BCUT2D eigenvalue weighted by atomic mass is 10.1. The molecule has 0 aliphatic heterocycles. The van der Waals surface area contributed by atoms with Gasteiger partial charge < -0.3 is 9.72 Å². The average Bonchev–Trinajstić information content (AvgIpc) is 2.46. The summed E-state index contributed by atoms with van der Waals surface area (Å²) in [6.45, 7) is 0. The monoisotopic (exact) mass is 269 g/mol. The van der Waals surface area contributed by atoms with E-state index in [2.05, 4.69) is 15.0 Å². The van der Waals surface area contributed by atoms with Gasteiger partial charge in [0.25, 0.3) is 0 Å². The summed E-state index contributed by atoms with van der Waals surface area (Å²) in [5.41, 5.74) is 2.77. The van der Waals surface area contributed by atoms with E-state index in [1.807, 2.05) is 30.3 Å². The number of pyridine rings is 1. The van der Waals surface area contributed by atoms with Gasteiger partial charge in [0.05, 0.1) is 24.6 Å². The Labute approximate surface area is 115 Å². The molecule has 0 radical (unpaired) electrons. The van der Waals surface area contributed by atoms with Crippen LogP contribution in [0.3, 0.4) is 0 Å². The Hall–Kier alpha value is -2.27. The second-order valence-electron chi connectivity index (χ2n) is 4.03. The molecule has 0 saturated heterocycles. The Balaban J connectivity index is 2.25. The number of H-pyrrole nitrogens is 1. The average molecular weight is 269 g/mol. The lowest BCUT2D eigenvalue weighted by Gasteiger charge is -2.08. The smallest absolute Gasteiger partial charge is 0.179 e. The van der Waals surface area contributed by atoms with Crippen LogP contribution in [0.4, 0.5) is 0 Å². The molecule has 0 fully saturated rings. The van der Waals surface area contributed by atoms with Crippen molar-refractivity contribution in [1.29, 1.82) is 0 Å². The number of hydrogen-bond acceptors (Lipinski definition) is 4. The molecule has 1 N–H and O–H groups in total. The molecule has 3 aromatic rings. The van der Waals surface area contributed by atoms with Crippen LogP contribution in [0.15, 0.2) is 42.9 Å². The summed E-state index contributed by atoms with van der Waals surface area (Å²) in [4.78, 5) is 11.4. The summed E-state index contributed by atoms with van der Waals surface area (Å²) in [6, 6.07) is 9.94. The van der Waals surface area contributed by atoms with Gasteiger partial charge in [0, 0.05) is 17.1 Å². The van der Waals surface area contributed by atoms with Gasteiger partial charge in [-0.2, -0.15) is 0 Å². The van der Waals surface area contributed by atoms with Crippen molar-refractivity contribution in [2.24, 2.45) is 0 Å². The molecule has 0 aliphatic carbocycles. The molecule has 0 atom stereocenters. The van der Waals surface area contributed by atoms with Crippen LogP contribution in [0.25, 0.3) is 22.2 Å². The van der Waals surface area contributed by atoms with E-state index >= 15 is 0 Å². The first-order chi connectivity index (χ1) is 9.29. The second-order valence-corrected chi connectivity index (χ2v) is 4.41. The van der Waals surface area contributed by atoms with Crippen molar-refractivity contribution in [2.75, 3.05) is 7.11 Å². The number of aromatic nitrogens is 3. The Bertz CT molecular complexity index is 798. The fourth-order valence-electron chi connectivity index (χ4n) is 2.02. The van der Waals surface area contributed by atoms with Gasteiger partial charge in [-0.15, -0.1) is 0 Å². The molecule has 0 spiro atoms. The van der Waals surface area contributed by atoms with E-state index in [4.69, 9.17) is 17.0 Å². The number of benzene rings is 1. The van der Waals surface area contributed by atoms with Gasteiger partial charge in [0.1, 0.15) is 0 Å². The van der Waals surface area contributed by atoms with E-state index in [1.54, 1.807) is 19.6 Å². The first-order valence-corrected chi connectivity index (χ1v) is 6.17. The zero-order valence-corrected chi connectivity index (χ0v) is 11.1. The number of ether oxygens (including phenoxy) is 1. The molecular weight excluding hydrogens is 258 g/mol. The lowest BCUT2D eigenvalue weighted by molar-refractivity contribution is 0.411. The van der Waals surface area contributed by atoms with Crippen LogP contribution < -0.4 is 4.74 Å². The normalized spacial score (nSPS) is 10.6. The zero-order chi connectivity index (χ0) is 13.2. The lowest BCUT2D eigenvalue weighted by Crippen LogP contribution is -1.94. The maximum atomic E-state index is 5.33. The van der Waals surface area contributed by atoms with Crippen LogP contribution in [0, 0.1) is 4.64 Å². The van der Waals surface area contributed by atoms with Gasteiger partial charge >= 0.3 is 0 Å². The van der Waals surface area contributed by atoms with Crippen LogP contribution in [-0.2, 0) is 0 Å². The van der Waals surface area contributed by atoms with Crippen molar-refractivity contribution in [3.63, 3.8) is 0 Å². The van der Waals surface area contributed by atoms with E-state index < -0.39 is 0 Å². The van der Waals surface area contributed by atoms with E-state index in [0.29, 0.717) is 10.4 Å². The standard InChI is InChI=1S/C14H11N3OS/c1-18-13-12(16-8-17-14(13)19)10-4-5-11-9(7-10)3-2-6-15-11/h2-8H,1H3,(H,16,17,19). The fraction of sp³-hybridized carbons (Fsp3) is 0.0714. The molecule has 1 aromatic carbocycles. The number of methoxy groups -OCH3 is 1. The molecule has 0 unspecified atom stereocenters. The van der Waals surface area contributed by atoms with Gasteiger partial charge in [-0.1, -0.05) is 24.4 Å². The van der Waals surface area contributed by atoms with Gasteiger partial charge in [0.15, 0.2) is 10.4 Å². The first-order valence-electron chi connectivity index (χ1n) is 5.76. The molecule has 3 rings (SSSR count). The third-order valence-electron chi connectivity index (χ3n) is 2.91. The Kier molecular flexibility index (Phi) is 2.97. The summed E-state index contributed by atoms with van der Waals surface area (Å²) < 4.78 is 5.78. The Morgan fingerprint density at radius 1 is 1.21 bits per heavy atom. The highest BCUT2D eigenvalue weighted by Crippen LogP contribution is 2.29. The van der Waals surface area contributed by atoms with Crippen molar-refractivity contribution in [2.45, 2.75) is 0 Å². The van der Waals surface area contributed by atoms with Gasteiger partial charge in [-0.25, -0.2) is 4.98 Å². The summed E-state index contributed by atoms with van der Waals surface area (Å²) in [5, 5.41) is 1.07. The van der Waals surface area contributed by atoms with Crippen LogP contribution in [0.2, 0.25) is 0 Å². The number of nitrogens with one attached hydrogen (secondary N) is 1. The van der Waals surface area contributed by atoms with Crippen molar-refractivity contribution < 1.29 is 4.74 Å². The van der Waals surface area contributed by atoms with Crippen LogP contribution in [0.5, 0.6) is 5.75 Å². The molecule has 19 heavy (non-hydrogen) atoms. The minimum absolute atomic E-state index is 0.447. The summed E-state index contributed by atoms with van der Waals surface area (Å²) in [7, 11) is 1.59. The van der Waals surface area contributed by atoms with Gasteiger partial charge in [-0.3, -0.25) is 4.98 Å². The van der Waals surface area contributed by atoms with Gasteiger partial charge in [-0.05, 0) is 18.2 Å². The molecular formula is C14H11N3OS. The number of rotatable bonds is 2. The number of aromatic amines is 1. The van der Waals surface area contributed by atoms with E-state index in [-0.39, 0.29) is 0 Å². The van der Waals surface area contributed by atoms with E-state index in [9.17, 15) is 0 Å². The molecule has 94 valence electrons.